The highest BCUT2D eigenvalue weighted by molar-refractivity contribution is 9.10. The molecule has 0 amide bonds. The van der Waals surface area contributed by atoms with Crippen molar-refractivity contribution in [3.63, 3.8) is 0 Å². The molecule has 1 nitrogen and oxygen atoms in total. The average Bonchev–Trinajstić information content (AvgIpc) is 2.38. The third-order valence-electron chi connectivity index (χ3n) is 2.87. The molecule has 0 aliphatic rings. The topological polar surface area (TPSA) is 12.0 Å². The van der Waals surface area contributed by atoms with Gasteiger partial charge in [0.05, 0.1) is 0 Å². The van der Waals surface area contributed by atoms with E-state index < -0.39 is 0 Å². The van der Waals surface area contributed by atoms with Crippen molar-refractivity contribution in [1.29, 1.82) is 0 Å². The van der Waals surface area contributed by atoms with Gasteiger partial charge in [0.25, 0.3) is 0 Å². The van der Waals surface area contributed by atoms with Crippen molar-refractivity contribution in [3.8, 4) is 0 Å². The van der Waals surface area contributed by atoms with Crippen LogP contribution in [0.1, 0.15) is 24.1 Å². The zero-order valence-electron chi connectivity index (χ0n) is 10.2. The predicted molar refractivity (Wildman–Crippen MR) is 83.5 cm³/mol. The summed E-state index contributed by atoms with van der Waals surface area (Å²) in [6, 6.07) is 17.1. The van der Waals surface area contributed by atoms with E-state index in [1.54, 1.807) is 0 Å². The fourth-order valence-electron chi connectivity index (χ4n) is 1.77. The molecular weight excluding hydrogens is 354 g/mol. The van der Waals surface area contributed by atoms with Crippen LogP contribution < -0.4 is 5.32 Å². The van der Waals surface area contributed by atoms with E-state index in [1.165, 1.54) is 11.1 Å². The van der Waals surface area contributed by atoms with Crippen LogP contribution in [0.5, 0.6) is 0 Å². The lowest BCUT2D eigenvalue weighted by Gasteiger charge is -2.14. The Kier molecular flexibility index (Phi) is 4.98. The largest absolute Gasteiger partial charge is 0.306 e. The van der Waals surface area contributed by atoms with E-state index in [-0.39, 0.29) is 0 Å². The molecule has 0 fully saturated rings. The van der Waals surface area contributed by atoms with Crippen molar-refractivity contribution in [2.75, 3.05) is 0 Å². The Bertz CT molecular complexity index is 508. The fraction of sp³-hybridized carbons (Fsp3) is 0.200. The number of rotatable bonds is 4. The molecule has 0 saturated heterocycles. The first kappa shape index (κ1) is 13.8. The highest BCUT2D eigenvalue weighted by atomic mass is 79.9. The second-order valence-electron chi connectivity index (χ2n) is 4.28. The summed E-state index contributed by atoms with van der Waals surface area (Å²) in [4.78, 5) is 0. The molecule has 3 heteroatoms. The van der Waals surface area contributed by atoms with Gasteiger partial charge in [0.1, 0.15) is 0 Å². The minimum absolute atomic E-state index is 0.339. The molecule has 94 valence electrons. The number of halogens is 2. The van der Waals surface area contributed by atoms with E-state index in [1.807, 2.05) is 6.07 Å². The summed E-state index contributed by atoms with van der Waals surface area (Å²) < 4.78 is 2.24. The van der Waals surface area contributed by atoms with Gasteiger partial charge in [-0.05, 0) is 42.3 Å². The van der Waals surface area contributed by atoms with E-state index >= 15 is 0 Å². The lowest BCUT2D eigenvalue weighted by molar-refractivity contribution is 0.574. The third kappa shape index (κ3) is 3.94. The van der Waals surface area contributed by atoms with Crippen molar-refractivity contribution in [2.24, 2.45) is 0 Å². The first-order valence-electron chi connectivity index (χ1n) is 5.88. The molecule has 1 atom stereocenters. The third-order valence-corrected chi connectivity index (χ3v) is 3.90. The van der Waals surface area contributed by atoms with E-state index in [0.717, 1.165) is 15.5 Å². The molecule has 0 aromatic heterocycles. The molecule has 0 saturated carbocycles. The minimum Gasteiger partial charge on any atom is -0.306 e. The zero-order valence-corrected chi connectivity index (χ0v) is 13.3. The molecule has 1 unspecified atom stereocenters. The molecule has 2 aromatic carbocycles. The van der Waals surface area contributed by atoms with E-state index in [9.17, 15) is 0 Å². The number of hydrogen-bond acceptors (Lipinski definition) is 1. The molecule has 0 spiro atoms. The molecule has 2 rings (SSSR count). The monoisotopic (exact) mass is 367 g/mol. The lowest BCUT2D eigenvalue weighted by Crippen LogP contribution is -2.17. The van der Waals surface area contributed by atoms with Crippen LogP contribution in [0.3, 0.4) is 0 Å². The van der Waals surface area contributed by atoms with Crippen LogP contribution in [0.25, 0.3) is 0 Å². The smallest absolute Gasteiger partial charge is 0.0295 e. The van der Waals surface area contributed by atoms with Gasteiger partial charge in [-0.25, -0.2) is 0 Å². The van der Waals surface area contributed by atoms with Crippen molar-refractivity contribution in [1.82, 2.24) is 5.32 Å². The van der Waals surface area contributed by atoms with Crippen molar-refractivity contribution in [2.45, 2.75) is 19.5 Å². The number of nitrogens with one attached hydrogen (secondary N) is 1. The Labute approximate surface area is 125 Å². The maximum absolute atomic E-state index is 3.53. The van der Waals surface area contributed by atoms with Crippen molar-refractivity contribution < 1.29 is 0 Å². The van der Waals surface area contributed by atoms with E-state index in [4.69, 9.17) is 0 Å². The molecule has 18 heavy (non-hydrogen) atoms. The van der Waals surface area contributed by atoms with Crippen LogP contribution >= 0.6 is 31.9 Å². The molecule has 1 N–H and O–H groups in total. The zero-order chi connectivity index (χ0) is 13.0. The predicted octanol–water partition coefficient (Wildman–Crippen LogP) is 5.06. The molecule has 0 bridgehead atoms. The molecule has 0 heterocycles. The summed E-state index contributed by atoms with van der Waals surface area (Å²) in [7, 11) is 0. The standard InChI is InChI=1S/C15H15Br2N/c1-11(13-3-2-4-15(17)9-13)18-10-12-5-7-14(16)8-6-12/h2-9,11,18H,10H2,1H3. The molecule has 0 radical (unpaired) electrons. The average molecular weight is 369 g/mol. The van der Waals surface area contributed by atoms with E-state index in [2.05, 4.69) is 86.6 Å². The summed E-state index contributed by atoms with van der Waals surface area (Å²) >= 11 is 6.95. The highest BCUT2D eigenvalue weighted by Gasteiger charge is 2.04. The summed E-state index contributed by atoms with van der Waals surface area (Å²) in [6.07, 6.45) is 0. The van der Waals surface area contributed by atoms with Gasteiger partial charge >= 0.3 is 0 Å². The molecular formula is C15H15Br2N. The molecule has 0 aliphatic carbocycles. The van der Waals surface area contributed by atoms with Gasteiger partial charge in [-0.1, -0.05) is 56.1 Å². The van der Waals surface area contributed by atoms with Crippen LogP contribution in [0.2, 0.25) is 0 Å². The maximum atomic E-state index is 3.53. The summed E-state index contributed by atoms with van der Waals surface area (Å²) in [6.45, 7) is 3.06. The summed E-state index contributed by atoms with van der Waals surface area (Å²) in [5, 5.41) is 3.53. The Morgan fingerprint density at radius 1 is 1.00 bits per heavy atom. The van der Waals surface area contributed by atoms with Gasteiger partial charge in [-0.2, -0.15) is 0 Å². The van der Waals surface area contributed by atoms with Gasteiger partial charge in [-0.15, -0.1) is 0 Å². The van der Waals surface area contributed by atoms with Crippen LogP contribution in [0.15, 0.2) is 57.5 Å². The normalized spacial score (nSPS) is 12.4. The van der Waals surface area contributed by atoms with Crippen LogP contribution in [-0.4, -0.2) is 0 Å². The van der Waals surface area contributed by atoms with Crippen molar-refractivity contribution >= 4 is 31.9 Å². The van der Waals surface area contributed by atoms with Gasteiger partial charge in [0, 0.05) is 21.5 Å². The van der Waals surface area contributed by atoms with Gasteiger partial charge in [-0.3, -0.25) is 0 Å². The van der Waals surface area contributed by atoms with Gasteiger partial charge in [0.2, 0.25) is 0 Å². The number of hydrogen-bond donors (Lipinski definition) is 1. The minimum atomic E-state index is 0.339. The quantitative estimate of drug-likeness (QED) is 0.794. The Balaban J connectivity index is 1.96. The number of benzene rings is 2. The van der Waals surface area contributed by atoms with Crippen molar-refractivity contribution in [3.05, 3.63) is 68.6 Å². The maximum Gasteiger partial charge on any atom is 0.0295 e. The van der Waals surface area contributed by atoms with Gasteiger partial charge in [0.15, 0.2) is 0 Å². The van der Waals surface area contributed by atoms with Crippen LogP contribution in [0.4, 0.5) is 0 Å². The fourth-order valence-corrected chi connectivity index (χ4v) is 2.45. The second-order valence-corrected chi connectivity index (χ2v) is 6.12. The highest BCUT2D eigenvalue weighted by Crippen LogP contribution is 2.18. The van der Waals surface area contributed by atoms with Crippen LogP contribution in [-0.2, 0) is 6.54 Å². The lowest BCUT2D eigenvalue weighted by atomic mass is 10.1. The first-order valence-corrected chi connectivity index (χ1v) is 7.47. The molecule has 0 aliphatic heterocycles. The van der Waals surface area contributed by atoms with E-state index in [0.29, 0.717) is 6.04 Å². The Hall–Kier alpha value is -0.640. The van der Waals surface area contributed by atoms with Gasteiger partial charge < -0.3 is 5.32 Å². The first-order chi connectivity index (χ1) is 8.65. The Morgan fingerprint density at radius 3 is 2.39 bits per heavy atom. The second kappa shape index (κ2) is 6.50. The van der Waals surface area contributed by atoms with Crippen LogP contribution in [0, 0.1) is 0 Å². The SMILES string of the molecule is CC(NCc1ccc(Br)cc1)c1cccc(Br)c1. The summed E-state index contributed by atoms with van der Waals surface area (Å²) in [5.74, 6) is 0. The molecule has 2 aromatic rings. The Morgan fingerprint density at radius 2 is 1.72 bits per heavy atom. The summed E-state index contributed by atoms with van der Waals surface area (Å²) in [5.41, 5.74) is 2.58.